The lowest BCUT2D eigenvalue weighted by Gasteiger charge is -2.34. The molecule has 1 aromatic rings. The summed E-state index contributed by atoms with van der Waals surface area (Å²) in [5.74, 6) is -1.28. The average molecular weight is 449 g/mol. The van der Waals surface area contributed by atoms with Gasteiger partial charge in [-0.2, -0.15) is 0 Å². The smallest absolute Gasteiger partial charge is 0.308 e. The highest BCUT2D eigenvalue weighted by Gasteiger charge is 2.35. The third-order valence-corrected chi connectivity index (χ3v) is 4.75. The van der Waals surface area contributed by atoms with Gasteiger partial charge in [-0.1, -0.05) is 19.9 Å². The van der Waals surface area contributed by atoms with Gasteiger partial charge in [-0.3, -0.25) is 19.2 Å². The molecule has 1 atom stereocenters. The number of anilines is 1. The van der Waals surface area contributed by atoms with Crippen molar-refractivity contribution in [2.45, 2.75) is 26.3 Å². The molecule has 1 aromatic carbocycles. The van der Waals surface area contributed by atoms with Gasteiger partial charge in [0.1, 0.15) is 6.04 Å². The van der Waals surface area contributed by atoms with Crippen molar-refractivity contribution in [3.05, 3.63) is 29.8 Å². The molecule has 1 unspecified atom stereocenters. The minimum atomic E-state index is -0.907. The van der Waals surface area contributed by atoms with E-state index < -0.39 is 12.0 Å². The van der Waals surface area contributed by atoms with Crippen LogP contribution in [0.5, 0.6) is 0 Å². The molecule has 10 nitrogen and oxygen atoms in total. The topological polar surface area (TPSA) is 126 Å². The molecule has 0 aromatic heterocycles. The number of piperazine rings is 1. The number of ether oxygens (including phenoxy) is 2. The second kappa shape index (κ2) is 12.7. The second-order valence-corrected chi connectivity index (χ2v) is 7.86. The zero-order valence-corrected chi connectivity index (χ0v) is 18.8. The van der Waals surface area contributed by atoms with E-state index in [1.54, 1.807) is 31.4 Å². The molecule has 32 heavy (non-hydrogen) atoms. The summed E-state index contributed by atoms with van der Waals surface area (Å²) in [5.41, 5.74) is 1.04. The first kappa shape index (κ1) is 25.1. The molecule has 1 aliphatic rings. The third kappa shape index (κ3) is 7.84. The first-order valence-corrected chi connectivity index (χ1v) is 10.7. The Morgan fingerprint density at radius 1 is 1.28 bits per heavy atom. The molecular formula is C22H32N4O6. The minimum absolute atomic E-state index is 0.0838. The van der Waals surface area contributed by atoms with E-state index in [0.717, 1.165) is 0 Å². The SMILES string of the molecule is COCCNC(=O)c1cccc(NCC(=O)N2CCNC(=O)C2CC(=O)OCC(C)C)c1. The number of amides is 3. The minimum Gasteiger partial charge on any atom is -0.465 e. The maximum Gasteiger partial charge on any atom is 0.308 e. The number of methoxy groups -OCH3 is 1. The number of carbonyl (C=O) groups is 4. The Bertz CT molecular complexity index is 813. The zero-order chi connectivity index (χ0) is 23.5. The van der Waals surface area contributed by atoms with Gasteiger partial charge in [-0.05, 0) is 24.1 Å². The predicted molar refractivity (Wildman–Crippen MR) is 118 cm³/mol. The second-order valence-electron chi connectivity index (χ2n) is 7.86. The lowest BCUT2D eigenvalue weighted by molar-refractivity contribution is -0.152. The van der Waals surface area contributed by atoms with Gasteiger partial charge in [0.05, 0.1) is 26.2 Å². The van der Waals surface area contributed by atoms with Gasteiger partial charge >= 0.3 is 5.97 Å². The van der Waals surface area contributed by atoms with Gasteiger partial charge in [0.25, 0.3) is 5.91 Å². The van der Waals surface area contributed by atoms with Crippen LogP contribution in [-0.2, 0) is 23.9 Å². The summed E-state index contributed by atoms with van der Waals surface area (Å²) < 4.78 is 10.1. The highest BCUT2D eigenvalue weighted by molar-refractivity contribution is 5.95. The van der Waals surface area contributed by atoms with E-state index in [4.69, 9.17) is 9.47 Å². The first-order valence-electron chi connectivity index (χ1n) is 10.7. The van der Waals surface area contributed by atoms with Crippen LogP contribution < -0.4 is 16.0 Å². The zero-order valence-electron chi connectivity index (χ0n) is 18.8. The molecule has 10 heteroatoms. The molecule has 176 valence electrons. The van der Waals surface area contributed by atoms with Crippen molar-refractivity contribution in [1.82, 2.24) is 15.5 Å². The van der Waals surface area contributed by atoms with Gasteiger partial charge in [0.2, 0.25) is 11.8 Å². The fraction of sp³-hybridized carbons (Fsp3) is 0.545. The van der Waals surface area contributed by atoms with E-state index in [-0.39, 0.29) is 43.2 Å². The van der Waals surface area contributed by atoms with E-state index in [1.807, 2.05) is 13.8 Å². The number of carbonyl (C=O) groups excluding carboxylic acids is 4. The Hall–Kier alpha value is -3.14. The number of esters is 1. The Morgan fingerprint density at radius 2 is 2.06 bits per heavy atom. The molecule has 0 spiro atoms. The fourth-order valence-corrected chi connectivity index (χ4v) is 3.11. The fourth-order valence-electron chi connectivity index (χ4n) is 3.11. The standard InChI is InChI=1S/C22H32N4O6/c1-15(2)14-32-20(28)12-18-22(30)23-7-9-26(18)19(27)13-25-17-6-4-5-16(11-17)21(29)24-8-10-31-3/h4-6,11,15,18,25H,7-10,12-14H2,1-3H3,(H,23,30)(H,24,29). The van der Waals surface area contributed by atoms with Crippen molar-refractivity contribution in [2.75, 3.05) is 51.8 Å². The highest BCUT2D eigenvalue weighted by Crippen LogP contribution is 2.14. The van der Waals surface area contributed by atoms with Gasteiger partial charge in [-0.15, -0.1) is 0 Å². The number of benzene rings is 1. The van der Waals surface area contributed by atoms with Crippen LogP contribution in [-0.4, -0.2) is 81.1 Å². The van der Waals surface area contributed by atoms with E-state index in [9.17, 15) is 19.2 Å². The molecule has 3 N–H and O–H groups in total. The first-order chi connectivity index (χ1) is 15.3. The molecule has 0 bridgehead atoms. The molecule has 1 aliphatic heterocycles. The number of rotatable bonds is 11. The van der Waals surface area contributed by atoms with Crippen molar-refractivity contribution in [3.8, 4) is 0 Å². The van der Waals surface area contributed by atoms with Crippen LogP contribution in [0.3, 0.4) is 0 Å². The van der Waals surface area contributed by atoms with Crippen molar-refractivity contribution in [1.29, 1.82) is 0 Å². The quantitative estimate of drug-likeness (QED) is 0.330. The van der Waals surface area contributed by atoms with Gasteiger partial charge in [0.15, 0.2) is 0 Å². The van der Waals surface area contributed by atoms with Crippen molar-refractivity contribution < 1.29 is 28.7 Å². The van der Waals surface area contributed by atoms with Crippen LogP contribution in [0.25, 0.3) is 0 Å². The Labute approximate surface area is 188 Å². The maximum absolute atomic E-state index is 12.8. The third-order valence-electron chi connectivity index (χ3n) is 4.75. The molecule has 0 aliphatic carbocycles. The molecule has 0 saturated carbocycles. The summed E-state index contributed by atoms with van der Waals surface area (Å²) >= 11 is 0. The summed E-state index contributed by atoms with van der Waals surface area (Å²) in [5, 5.41) is 8.41. The van der Waals surface area contributed by atoms with E-state index in [2.05, 4.69) is 16.0 Å². The maximum atomic E-state index is 12.8. The predicted octanol–water partition coefficient (Wildman–Crippen LogP) is 0.391. The number of nitrogens with zero attached hydrogens (tertiary/aromatic N) is 1. The molecule has 1 saturated heterocycles. The normalized spacial score (nSPS) is 15.8. The van der Waals surface area contributed by atoms with E-state index >= 15 is 0 Å². The monoisotopic (exact) mass is 448 g/mol. The lowest BCUT2D eigenvalue weighted by Crippen LogP contribution is -2.58. The molecule has 0 radical (unpaired) electrons. The van der Waals surface area contributed by atoms with Crippen molar-refractivity contribution >= 4 is 29.4 Å². The van der Waals surface area contributed by atoms with Crippen LogP contribution in [0.4, 0.5) is 5.69 Å². The van der Waals surface area contributed by atoms with E-state index in [1.165, 1.54) is 4.90 Å². The number of hydrogen-bond donors (Lipinski definition) is 3. The number of nitrogens with one attached hydrogen (secondary N) is 3. The van der Waals surface area contributed by atoms with Crippen molar-refractivity contribution in [2.24, 2.45) is 5.92 Å². The van der Waals surface area contributed by atoms with Crippen LogP contribution >= 0.6 is 0 Å². The Balaban J connectivity index is 1.95. The lowest BCUT2D eigenvalue weighted by atomic mass is 10.1. The molecule has 1 heterocycles. The van der Waals surface area contributed by atoms with Gasteiger partial charge in [0, 0.05) is 38.0 Å². The van der Waals surface area contributed by atoms with Crippen LogP contribution in [0.15, 0.2) is 24.3 Å². The molecule has 1 fully saturated rings. The Morgan fingerprint density at radius 3 is 2.78 bits per heavy atom. The Kier molecular flexibility index (Phi) is 9.93. The van der Waals surface area contributed by atoms with Crippen LogP contribution in [0.1, 0.15) is 30.6 Å². The number of hydrogen-bond acceptors (Lipinski definition) is 7. The van der Waals surface area contributed by atoms with Crippen LogP contribution in [0, 0.1) is 5.92 Å². The summed E-state index contributed by atoms with van der Waals surface area (Å²) in [4.78, 5) is 50.8. The highest BCUT2D eigenvalue weighted by atomic mass is 16.5. The molecule has 2 rings (SSSR count). The summed E-state index contributed by atoms with van der Waals surface area (Å²) in [6, 6.07) is 5.85. The summed E-state index contributed by atoms with van der Waals surface area (Å²) in [6.07, 6.45) is -0.193. The average Bonchev–Trinajstić information content (AvgIpc) is 2.77. The molecular weight excluding hydrogens is 416 g/mol. The van der Waals surface area contributed by atoms with Crippen LogP contribution in [0.2, 0.25) is 0 Å². The molecule has 3 amide bonds. The largest absolute Gasteiger partial charge is 0.465 e. The summed E-state index contributed by atoms with van der Waals surface area (Å²) in [7, 11) is 1.55. The van der Waals surface area contributed by atoms with Crippen molar-refractivity contribution in [3.63, 3.8) is 0 Å². The van der Waals surface area contributed by atoms with Gasteiger partial charge in [-0.25, -0.2) is 0 Å². The summed E-state index contributed by atoms with van der Waals surface area (Å²) in [6.45, 7) is 5.44. The van der Waals surface area contributed by atoms with Gasteiger partial charge < -0.3 is 30.3 Å². The van der Waals surface area contributed by atoms with E-state index in [0.29, 0.717) is 37.5 Å².